The van der Waals surface area contributed by atoms with Gasteiger partial charge in [-0.15, -0.1) is 18.3 Å². The van der Waals surface area contributed by atoms with Gasteiger partial charge in [0, 0.05) is 42.6 Å². The maximum absolute atomic E-state index is 14.6. The van der Waals surface area contributed by atoms with Gasteiger partial charge >= 0.3 is 6.09 Å². The molecule has 2 heterocycles. The van der Waals surface area contributed by atoms with Gasteiger partial charge < -0.3 is 43.5 Å². The Morgan fingerprint density at radius 3 is 2.40 bits per heavy atom. The molecule has 2 N–H and O–H groups in total. The third-order valence-electron chi connectivity index (χ3n) is 12.0. The van der Waals surface area contributed by atoms with Gasteiger partial charge in [0.15, 0.2) is 11.5 Å². The number of fused-ring (bicyclic) bond motifs is 3. The summed E-state index contributed by atoms with van der Waals surface area (Å²) in [6.07, 6.45) is 10.4. The van der Waals surface area contributed by atoms with Crippen molar-refractivity contribution in [2.24, 2.45) is 22.9 Å². The number of carbonyl (C=O) groups is 1. The Balaban J connectivity index is 1.45. The Hall–Kier alpha value is -4.69. The molecule has 62 heavy (non-hydrogen) atoms. The van der Waals surface area contributed by atoms with Crippen molar-refractivity contribution in [3.05, 3.63) is 96.1 Å². The van der Waals surface area contributed by atoms with Gasteiger partial charge in [-0.05, 0) is 137 Å². The topological polar surface area (TPSA) is 138 Å². The van der Waals surface area contributed by atoms with E-state index in [1.807, 2.05) is 81.6 Å². The van der Waals surface area contributed by atoms with Crippen LogP contribution in [0, 0.1) is 17.8 Å². The first-order valence-corrected chi connectivity index (χ1v) is 23.1. The first-order chi connectivity index (χ1) is 30.0. The predicted molar refractivity (Wildman–Crippen MR) is 239 cm³/mol. The molecule has 13 heteroatoms. The molecule has 6 atom stereocenters. The van der Waals surface area contributed by atoms with Crippen molar-refractivity contribution in [3.8, 4) is 28.7 Å². The number of hydrogen-bond donors (Lipinski definition) is 2. The van der Waals surface area contributed by atoms with E-state index in [-0.39, 0.29) is 63.9 Å². The molecule has 3 aromatic carbocycles. The molecule has 0 unspecified atom stereocenters. The summed E-state index contributed by atoms with van der Waals surface area (Å²) >= 11 is 1.67. The van der Waals surface area contributed by atoms with Crippen LogP contribution in [0.3, 0.4) is 0 Å². The average molecular weight is 871 g/mol. The standard InChI is InChI=1S/C49H62N2O10S/c1-7-25-58-49-44(51(47(54)55-8-2)30-32-15-21-42-43(26-32)57-31-56-42)29-40(50-61-48(3,4)5)38-27-33(13-9-11-23-52)37(14-10-12-24-53)45(46(38)49)39-28-35(18-22-41(39)60-49)59-34-16-19-36(62-6)20-17-34/h7,15-22,26-28,33,37,44-46,52-53H,1,8-14,23-25,29-31H2,2-6H3/t33-,37+,44-,45+,46+,49+/m0/s1. The van der Waals surface area contributed by atoms with Crippen molar-refractivity contribution < 1.29 is 48.3 Å². The molecule has 0 bridgehead atoms. The van der Waals surface area contributed by atoms with E-state index in [0.717, 1.165) is 47.3 Å². The van der Waals surface area contributed by atoms with Crippen molar-refractivity contribution in [1.29, 1.82) is 0 Å². The van der Waals surface area contributed by atoms with E-state index in [4.69, 9.17) is 38.4 Å². The minimum Gasteiger partial charge on any atom is -0.459 e. The lowest BCUT2D eigenvalue weighted by Crippen LogP contribution is -2.70. The van der Waals surface area contributed by atoms with Crippen LogP contribution in [0.25, 0.3) is 0 Å². The fourth-order valence-corrected chi connectivity index (χ4v) is 9.84. The summed E-state index contributed by atoms with van der Waals surface area (Å²) in [7, 11) is 0. The van der Waals surface area contributed by atoms with E-state index < -0.39 is 29.4 Å². The number of oxime groups is 1. The predicted octanol–water partition coefficient (Wildman–Crippen LogP) is 10.0. The van der Waals surface area contributed by atoms with Gasteiger partial charge in [0.05, 0.1) is 24.8 Å². The van der Waals surface area contributed by atoms with Crippen LogP contribution in [0.4, 0.5) is 4.79 Å². The molecule has 0 radical (unpaired) electrons. The first-order valence-electron chi connectivity index (χ1n) is 21.9. The minimum atomic E-state index is -1.46. The summed E-state index contributed by atoms with van der Waals surface area (Å²) in [5.74, 6) is 1.21. The molecule has 0 aromatic heterocycles. The lowest BCUT2D eigenvalue weighted by Gasteiger charge is -2.60. The Morgan fingerprint density at radius 1 is 0.968 bits per heavy atom. The fraction of sp³-hybridized carbons (Fsp3) is 0.510. The van der Waals surface area contributed by atoms with Crippen LogP contribution in [0.15, 0.2) is 95.0 Å². The molecule has 1 fully saturated rings. The van der Waals surface area contributed by atoms with Crippen molar-refractivity contribution in [2.45, 2.75) is 107 Å². The Labute approximate surface area is 370 Å². The molecule has 2 aliphatic carbocycles. The zero-order valence-corrected chi connectivity index (χ0v) is 37.5. The van der Waals surface area contributed by atoms with Gasteiger partial charge in [0.1, 0.15) is 28.9 Å². The van der Waals surface area contributed by atoms with Crippen LogP contribution in [0.5, 0.6) is 28.7 Å². The van der Waals surface area contributed by atoms with Gasteiger partial charge in [-0.2, -0.15) is 0 Å². The van der Waals surface area contributed by atoms with Gasteiger partial charge in [-0.1, -0.05) is 36.2 Å². The molecule has 1 saturated carbocycles. The van der Waals surface area contributed by atoms with Crippen molar-refractivity contribution in [3.63, 3.8) is 0 Å². The van der Waals surface area contributed by atoms with Crippen LogP contribution < -0.4 is 18.9 Å². The van der Waals surface area contributed by atoms with Crippen LogP contribution in [0.2, 0.25) is 0 Å². The third kappa shape index (κ3) is 9.91. The highest BCUT2D eigenvalue weighted by atomic mass is 32.2. The molecule has 4 aliphatic rings. The molecule has 2 aliphatic heterocycles. The quantitative estimate of drug-likeness (QED) is 0.0515. The number of thioether (sulfide) groups is 1. The lowest BCUT2D eigenvalue weighted by atomic mass is 9.55. The van der Waals surface area contributed by atoms with E-state index in [0.29, 0.717) is 47.3 Å². The number of nitrogens with zero attached hydrogens (tertiary/aromatic N) is 2. The Kier molecular flexibility index (Phi) is 14.8. The SMILES string of the molecule is C=CCO[C@@]12Oc3ccc(Oc4ccc(SC)cc4)cc3[C@H]3[C@H](CCCCO)[C@@H](CCCCO)C=C(C(=NOC(C)(C)C)C[C@@H]1N(Cc1ccc4c(c1)OCO4)C(=O)OCC)[C@H]32. The molecular weight excluding hydrogens is 809 g/mol. The lowest BCUT2D eigenvalue weighted by molar-refractivity contribution is -0.256. The maximum Gasteiger partial charge on any atom is 0.410 e. The highest BCUT2D eigenvalue weighted by Crippen LogP contribution is 2.62. The number of amides is 1. The monoisotopic (exact) mass is 870 g/mol. The molecular formula is C49H62N2O10S. The van der Waals surface area contributed by atoms with Gasteiger partial charge in [0.25, 0.3) is 0 Å². The van der Waals surface area contributed by atoms with Crippen molar-refractivity contribution >= 4 is 23.6 Å². The summed E-state index contributed by atoms with van der Waals surface area (Å²) in [5, 5.41) is 24.9. The molecule has 7 rings (SSSR count). The minimum absolute atomic E-state index is 0.0490. The highest BCUT2D eigenvalue weighted by molar-refractivity contribution is 7.98. The number of aliphatic hydroxyl groups excluding tert-OH is 2. The number of ether oxygens (including phenoxy) is 6. The fourth-order valence-electron chi connectivity index (χ4n) is 9.43. The number of carbonyl (C=O) groups excluding carboxylic acids is 1. The smallest absolute Gasteiger partial charge is 0.410 e. The van der Waals surface area contributed by atoms with E-state index in [1.165, 1.54) is 0 Å². The van der Waals surface area contributed by atoms with Gasteiger partial charge in [-0.3, -0.25) is 4.90 Å². The van der Waals surface area contributed by atoms with E-state index >= 15 is 0 Å². The zero-order valence-electron chi connectivity index (χ0n) is 36.7. The van der Waals surface area contributed by atoms with Crippen LogP contribution in [-0.4, -0.2) is 83.8 Å². The second-order valence-corrected chi connectivity index (χ2v) is 18.1. The molecule has 0 spiro atoms. The zero-order chi connectivity index (χ0) is 43.9. The van der Waals surface area contributed by atoms with E-state index in [1.54, 1.807) is 29.7 Å². The van der Waals surface area contributed by atoms with Gasteiger partial charge in [-0.25, -0.2) is 4.79 Å². The number of benzene rings is 3. The van der Waals surface area contributed by atoms with Gasteiger partial charge in [0.2, 0.25) is 12.6 Å². The number of allylic oxidation sites excluding steroid dienone is 1. The van der Waals surface area contributed by atoms with Crippen LogP contribution in [-0.2, 0) is 20.9 Å². The van der Waals surface area contributed by atoms with E-state index in [9.17, 15) is 15.0 Å². The number of hydrogen-bond acceptors (Lipinski definition) is 12. The number of unbranched alkanes of at least 4 members (excludes halogenated alkanes) is 2. The van der Waals surface area contributed by atoms with Crippen molar-refractivity contribution in [1.82, 2.24) is 4.90 Å². The largest absolute Gasteiger partial charge is 0.459 e. The second kappa shape index (κ2) is 20.2. The van der Waals surface area contributed by atoms with Crippen LogP contribution >= 0.6 is 11.8 Å². The van der Waals surface area contributed by atoms with E-state index in [2.05, 4.69) is 18.7 Å². The normalized spacial score (nSPS) is 24.0. The molecule has 0 saturated heterocycles. The second-order valence-electron chi connectivity index (χ2n) is 17.3. The summed E-state index contributed by atoms with van der Waals surface area (Å²) in [4.78, 5) is 23.7. The highest BCUT2D eigenvalue weighted by Gasteiger charge is 2.65. The first kappa shape index (κ1) is 45.3. The Bertz CT molecular complexity index is 2080. The molecule has 1 amide bonds. The molecule has 12 nitrogen and oxygen atoms in total. The Morgan fingerprint density at radius 2 is 1.69 bits per heavy atom. The third-order valence-corrected chi connectivity index (χ3v) is 12.8. The average Bonchev–Trinajstić information content (AvgIpc) is 3.74. The van der Waals surface area contributed by atoms with Crippen LogP contribution in [0.1, 0.15) is 89.7 Å². The summed E-state index contributed by atoms with van der Waals surface area (Å²) < 4.78 is 38.3. The van der Waals surface area contributed by atoms with Crippen molar-refractivity contribution in [2.75, 3.05) is 39.5 Å². The summed E-state index contributed by atoms with van der Waals surface area (Å²) in [5.41, 5.74) is 2.81. The molecule has 334 valence electrons. The number of rotatable bonds is 19. The number of aliphatic hydroxyl groups is 2. The summed E-state index contributed by atoms with van der Waals surface area (Å²) in [6.45, 7) is 12.5. The maximum atomic E-state index is 14.6. The summed E-state index contributed by atoms with van der Waals surface area (Å²) in [6, 6.07) is 18.9. The molecule has 3 aromatic rings.